The number of nitrogens with zero attached hydrogens (tertiary/aromatic N) is 3. The summed E-state index contributed by atoms with van der Waals surface area (Å²) < 4.78 is 8.69. The molecule has 1 aromatic heterocycles. The molecular weight excluding hydrogens is 376 g/mol. The van der Waals surface area contributed by atoms with Gasteiger partial charge in [-0.25, -0.2) is 9.48 Å². The van der Waals surface area contributed by atoms with Gasteiger partial charge in [0.25, 0.3) is 0 Å². The van der Waals surface area contributed by atoms with E-state index in [9.17, 15) is 9.90 Å². The summed E-state index contributed by atoms with van der Waals surface area (Å²) in [5.74, 6) is 0.547. The van der Waals surface area contributed by atoms with E-state index in [-0.39, 0.29) is 6.04 Å². The van der Waals surface area contributed by atoms with Crippen LogP contribution in [0.2, 0.25) is 0 Å². The molecule has 1 unspecified atom stereocenters. The van der Waals surface area contributed by atoms with Gasteiger partial charge in [0.05, 0.1) is 23.0 Å². The first-order valence-electron chi connectivity index (χ1n) is 7.86. The van der Waals surface area contributed by atoms with Gasteiger partial charge in [0.2, 0.25) is 5.88 Å². The fourth-order valence-electron chi connectivity index (χ4n) is 3.36. The van der Waals surface area contributed by atoms with Crippen molar-refractivity contribution in [2.45, 2.75) is 12.5 Å². The molecule has 2 aliphatic heterocycles. The highest BCUT2D eigenvalue weighted by Gasteiger charge is 2.37. The number of ether oxygens (including phenoxy) is 1. The van der Waals surface area contributed by atoms with Gasteiger partial charge in [0.1, 0.15) is 6.61 Å². The first-order valence-corrected chi connectivity index (χ1v) is 8.65. The zero-order valence-corrected chi connectivity index (χ0v) is 14.5. The molecule has 1 atom stereocenters. The number of amides is 1. The van der Waals surface area contributed by atoms with E-state index in [0.717, 1.165) is 21.4 Å². The third kappa shape index (κ3) is 2.55. The predicted octanol–water partition coefficient (Wildman–Crippen LogP) is 2.19. The van der Waals surface area contributed by atoms with Crippen LogP contribution in [-0.2, 0) is 6.42 Å². The Morgan fingerprint density at radius 3 is 2.92 bits per heavy atom. The maximum absolute atomic E-state index is 11.6. The molecule has 24 heavy (non-hydrogen) atoms. The van der Waals surface area contributed by atoms with Crippen molar-refractivity contribution >= 4 is 22.0 Å². The van der Waals surface area contributed by atoms with Gasteiger partial charge in [-0.3, -0.25) is 4.90 Å². The molecule has 1 aromatic carbocycles. The molecule has 0 saturated heterocycles. The van der Waals surface area contributed by atoms with Crippen molar-refractivity contribution in [1.82, 2.24) is 20.0 Å². The molecule has 0 aliphatic carbocycles. The number of aromatic nitrogens is 2. The number of carboxylic acid groups (broad SMARTS) is 1. The largest absolute Gasteiger partial charge is 0.475 e. The van der Waals surface area contributed by atoms with Crippen LogP contribution in [0.1, 0.15) is 17.3 Å². The fourth-order valence-corrected chi connectivity index (χ4v) is 3.62. The second-order valence-electron chi connectivity index (χ2n) is 5.85. The van der Waals surface area contributed by atoms with E-state index in [1.807, 2.05) is 28.9 Å². The average molecular weight is 393 g/mol. The normalized spacial score (nSPS) is 19.9. The first-order chi connectivity index (χ1) is 11.6. The lowest BCUT2D eigenvalue weighted by Crippen LogP contribution is -2.45. The second kappa shape index (κ2) is 6.10. The quantitative estimate of drug-likeness (QED) is 0.777. The Kier molecular flexibility index (Phi) is 3.93. The van der Waals surface area contributed by atoms with Gasteiger partial charge >= 0.3 is 6.09 Å². The SMILES string of the molecule is O=C(O)N1CCc2c3c(nn2-c2ccc(Br)cc2)OCCNCC31. The van der Waals surface area contributed by atoms with Gasteiger partial charge in [0, 0.05) is 30.5 Å². The van der Waals surface area contributed by atoms with Crippen molar-refractivity contribution in [3.63, 3.8) is 0 Å². The average Bonchev–Trinajstić information content (AvgIpc) is 2.91. The number of hydrogen-bond acceptors (Lipinski definition) is 4. The first kappa shape index (κ1) is 15.5. The van der Waals surface area contributed by atoms with Crippen molar-refractivity contribution in [1.29, 1.82) is 0 Å². The molecule has 2 N–H and O–H groups in total. The van der Waals surface area contributed by atoms with E-state index < -0.39 is 6.09 Å². The summed E-state index contributed by atoms with van der Waals surface area (Å²) in [7, 11) is 0. The van der Waals surface area contributed by atoms with E-state index in [0.29, 0.717) is 38.5 Å². The van der Waals surface area contributed by atoms with Crippen molar-refractivity contribution in [3.05, 3.63) is 40.0 Å². The Labute approximate surface area is 147 Å². The zero-order chi connectivity index (χ0) is 16.7. The lowest BCUT2D eigenvalue weighted by Gasteiger charge is -2.35. The molecular formula is C16H17BrN4O3. The van der Waals surface area contributed by atoms with Crippen LogP contribution < -0.4 is 10.1 Å². The highest BCUT2D eigenvalue weighted by atomic mass is 79.9. The van der Waals surface area contributed by atoms with Gasteiger partial charge in [0.15, 0.2) is 0 Å². The molecule has 4 rings (SSSR count). The lowest BCUT2D eigenvalue weighted by atomic mass is 9.98. The van der Waals surface area contributed by atoms with Crippen molar-refractivity contribution in [3.8, 4) is 11.6 Å². The van der Waals surface area contributed by atoms with Gasteiger partial charge in [-0.1, -0.05) is 15.9 Å². The standard InChI is InChI=1S/C16H17BrN4O3/c17-10-1-3-11(4-2-10)21-12-5-7-20(16(22)23)13-9-18-6-8-24-15(19-21)14(12)13/h1-4,13,18H,5-9H2,(H,22,23). The van der Waals surface area contributed by atoms with Crippen LogP contribution in [0, 0.1) is 0 Å². The van der Waals surface area contributed by atoms with Crippen molar-refractivity contribution < 1.29 is 14.6 Å². The summed E-state index contributed by atoms with van der Waals surface area (Å²) in [6, 6.07) is 7.63. The van der Waals surface area contributed by atoms with E-state index in [4.69, 9.17) is 4.74 Å². The van der Waals surface area contributed by atoms with Crippen molar-refractivity contribution in [2.75, 3.05) is 26.2 Å². The highest BCUT2D eigenvalue weighted by Crippen LogP contribution is 2.38. The topological polar surface area (TPSA) is 79.6 Å². The van der Waals surface area contributed by atoms with E-state index >= 15 is 0 Å². The second-order valence-corrected chi connectivity index (χ2v) is 6.76. The Balaban J connectivity index is 1.85. The van der Waals surface area contributed by atoms with E-state index in [1.165, 1.54) is 4.90 Å². The van der Waals surface area contributed by atoms with Gasteiger partial charge in [-0.15, -0.1) is 5.10 Å². The molecule has 2 aliphatic rings. The summed E-state index contributed by atoms with van der Waals surface area (Å²) in [5, 5.41) is 17.4. The van der Waals surface area contributed by atoms with Gasteiger partial charge < -0.3 is 15.2 Å². The summed E-state index contributed by atoms with van der Waals surface area (Å²) in [6.07, 6.45) is -0.291. The third-order valence-electron chi connectivity index (χ3n) is 4.46. The highest BCUT2D eigenvalue weighted by molar-refractivity contribution is 9.10. The van der Waals surface area contributed by atoms with Crippen LogP contribution in [0.4, 0.5) is 4.79 Å². The Morgan fingerprint density at radius 1 is 1.38 bits per heavy atom. The number of hydrogen-bond donors (Lipinski definition) is 2. The van der Waals surface area contributed by atoms with Crippen LogP contribution >= 0.6 is 15.9 Å². The maximum Gasteiger partial charge on any atom is 0.407 e. The molecule has 0 radical (unpaired) electrons. The lowest BCUT2D eigenvalue weighted by molar-refractivity contribution is 0.115. The molecule has 3 heterocycles. The van der Waals surface area contributed by atoms with Crippen LogP contribution in [0.3, 0.4) is 0 Å². The number of halogens is 1. The monoisotopic (exact) mass is 392 g/mol. The van der Waals surface area contributed by atoms with E-state index in [1.54, 1.807) is 0 Å². The molecule has 0 fully saturated rings. The van der Waals surface area contributed by atoms with Crippen LogP contribution in [0.5, 0.6) is 5.88 Å². The molecule has 8 heteroatoms. The minimum absolute atomic E-state index is 0.272. The molecule has 0 bridgehead atoms. The fraction of sp³-hybridized carbons (Fsp3) is 0.375. The number of carbonyl (C=O) groups is 1. The summed E-state index contributed by atoms with van der Waals surface area (Å²) in [5.41, 5.74) is 2.86. The molecule has 0 spiro atoms. The molecule has 2 aromatic rings. The Morgan fingerprint density at radius 2 is 2.17 bits per heavy atom. The minimum Gasteiger partial charge on any atom is -0.475 e. The van der Waals surface area contributed by atoms with Crippen molar-refractivity contribution in [2.24, 2.45) is 0 Å². The molecule has 1 amide bonds. The smallest absolute Gasteiger partial charge is 0.407 e. The number of nitrogens with one attached hydrogen (secondary N) is 1. The molecule has 126 valence electrons. The van der Waals surface area contributed by atoms with Gasteiger partial charge in [-0.05, 0) is 24.3 Å². The van der Waals surface area contributed by atoms with Gasteiger partial charge in [-0.2, -0.15) is 0 Å². The minimum atomic E-state index is -0.907. The summed E-state index contributed by atoms with van der Waals surface area (Å²) >= 11 is 3.44. The molecule has 7 nitrogen and oxygen atoms in total. The number of benzene rings is 1. The van der Waals surface area contributed by atoms with Crippen LogP contribution in [0.25, 0.3) is 5.69 Å². The zero-order valence-electron chi connectivity index (χ0n) is 12.9. The van der Waals surface area contributed by atoms with Crippen LogP contribution in [-0.4, -0.2) is 52.1 Å². The van der Waals surface area contributed by atoms with Crippen LogP contribution in [0.15, 0.2) is 28.7 Å². The third-order valence-corrected chi connectivity index (χ3v) is 4.99. The number of rotatable bonds is 1. The maximum atomic E-state index is 11.6. The summed E-state index contributed by atoms with van der Waals surface area (Å²) in [6.45, 7) is 2.21. The summed E-state index contributed by atoms with van der Waals surface area (Å²) in [4.78, 5) is 13.1. The molecule has 0 saturated carbocycles. The Bertz CT molecular complexity index is 774. The van der Waals surface area contributed by atoms with E-state index in [2.05, 4.69) is 26.3 Å². The predicted molar refractivity (Wildman–Crippen MR) is 90.8 cm³/mol. The Hall–Kier alpha value is -2.06.